The van der Waals surface area contributed by atoms with E-state index in [0.717, 1.165) is 27.3 Å². The second kappa shape index (κ2) is 14.7. The number of anilines is 1. The minimum Gasteiger partial charge on any atom is -0.352 e. The van der Waals surface area contributed by atoms with E-state index in [1.54, 1.807) is 11.0 Å². The summed E-state index contributed by atoms with van der Waals surface area (Å²) in [6.45, 7) is 5.99. The van der Waals surface area contributed by atoms with Crippen molar-refractivity contribution in [3.63, 3.8) is 0 Å². The Balaban J connectivity index is 1.90. The molecule has 3 aromatic carbocycles. The maximum absolute atomic E-state index is 13.9. The zero-order valence-electron chi connectivity index (χ0n) is 23.8. The average Bonchev–Trinajstić information content (AvgIpc) is 2.89. The number of nitrogens with zero attached hydrogens (tertiary/aromatic N) is 2. The van der Waals surface area contributed by atoms with Crippen molar-refractivity contribution in [1.82, 2.24) is 10.2 Å². The van der Waals surface area contributed by atoms with Gasteiger partial charge in [-0.2, -0.15) is 0 Å². The van der Waals surface area contributed by atoms with Gasteiger partial charge in [-0.25, -0.2) is 8.42 Å². The van der Waals surface area contributed by atoms with E-state index in [2.05, 4.69) is 5.32 Å². The highest BCUT2D eigenvalue weighted by atomic mass is 35.5. The van der Waals surface area contributed by atoms with E-state index in [9.17, 15) is 18.0 Å². The van der Waals surface area contributed by atoms with Gasteiger partial charge in [0.15, 0.2) is 0 Å². The lowest BCUT2D eigenvalue weighted by atomic mass is 10.0. The first-order chi connectivity index (χ1) is 19.3. The Bertz CT molecular complexity index is 1450. The lowest BCUT2D eigenvalue weighted by Crippen LogP contribution is -2.51. The van der Waals surface area contributed by atoms with E-state index in [1.165, 1.54) is 12.1 Å². The smallest absolute Gasteiger partial charge is 0.243 e. The third-order valence-corrected chi connectivity index (χ3v) is 8.20. The Hall–Kier alpha value is -3.07. The van der Waals surface area contributed by atoms with Crippen LogP contribution in [0.3, 0.4) is 0 Å². The predicted molar refractivity (Wildman–Crippen MR) is 167 cm³/mol. The molecule has 0 saturated carbocycles. The molecular formula is C31H37Cl2N3O4S. The van der Waals surface area contributed by atoms with E-state index >= 15 is 0 Å². The van der Waals surface area contributed by atoms with Gasteiger partial charge in [-0.1, -0.05) is 83.4 Å². The summed E-state index contributed by atoms with van der Waals surface area (Å²) in [6.07, 6.45) is 1.66. The Morgan fingerprint density at radius 2 is 1.61 bits per heavy atom. The molecule has 0 bridgehead atoms. The summed E-state index contributed by atoms with van der Waals surface area (Å²) in [5, 5.41) is 3.56. The van der Waals surface area contributed by atoms with Crippen molar-refractivity contribution in [3.05, 3.63) is 99.5 Å². The minimum atomic E-state index is -3.71. The SMILES string of the molecule is Cc1cccc(CN(C(=O)CCCN(c2cc(Cl)ccc2Cl)S(C)(=O)=O)[C@H](Cc2ccccc2)C(=O)NC(C)C)c1. The fourth-order valence-electron chi connectivity index (χ4n) is 4.60. The summed E-state index contributed by atoms with van der Waals surface area (Å²) < 4.78 is 26.5. The number of hydrogen-bond acceptors (Lipinski definition) is 4. The summed E-state index contributed by atoms with van der Waals surface area (Å²) in [7, 11) is -3.71. The first-order valence-corrected chi connectivity index (χ1v) is 16.1. The van der Waals surface area contributed by atoms with E-state index in [0.29, 0.717) is 11.4 Å². The quantitative estimate of drug-likeness (QED) is 0.254. The van der Waals surface area contributed by atoms with E-state index in [-0.39, 0.29) is 54.5 Å². The molecule has 0 aliphatic rings. The van der Waals surface area contributed by atoms with Crippen molar-refractivity contribution in [2.24, 2.45) is 0 Å². The number of benzene rings is 3. The van der Waals surface area contributed by atoms with Crippen LogP contribution in [-0.4, -0.2) is 50.0 Å². The van der Waals surface area contributed by atoms with Crippen LogP contribution in [0.2, 0.25) is 10.0 Å². The molecule has 1 atom stereocenters. The molecule has 0 unspecified atom stereocenters. The van der Waals surface area contributed by atoms with Crippen LogP contribution in [0.4, 0.5) is 5.69 Å². The molecule has 0 radical (unpaired) electrons. The van der Waals surface area contributed by atoms with Crippen LogP contribution >= 0.6 is 23.2 Å². The van der Waals surface area contributed by atoms with E-state index in [4.69, 9.17) is 23.2 Å². The van der Waals surface area contributed by atoms with Crippen LogP contribution in [0.5, 0.6) is 0 Å². The molecule has 0 spiro atoms. The third kappa shape index (κ3) is 9.76. The van der Waals surface area contributed by atoms with E-state index in [1.807, 2.05) is 75.4 Å². The number of amides is 2. The predicted octanol–water partition coefficient (Wildman–Crippen LogP) is 6.01. The number of halogens is 2. The molecule has 3 aromatic rings. The van der Waals surface area contributed by atoms with E-state index < -0.39 is 16.1 Å². The zero-order valence-corrected chi connectivity index (χ0v) is 26.1. The first kappa shape index (κ1) is 32.4. The number of sulfonamides is 1. The van der Waals surface area contributed by atoms with Crippen molar-refractivity contribution in [1.29, 1.82) is 0 Å². The van der Waals surface area contributed by atoms with Crippen LogP contribution in [0, 0.1) is 6.92 Å². The van der Waals surface area contributed by atoms with Gasteiger partial charge in [-0.15, -0.1) is 0 Å². The molecule has 7 nitrogen and oxygen atoms in total. The van der Waals surface area contributed by atoms with Gasteiger partial charge >= 0.3 is 0 Å². The van der Waals surface area contributed by atoms with Crippen LogP contribution in [0.15, 0.2) is 72.8 Å². The van der Waals surface area contributed by atoms with Crippen LogP contribution < -0.4 is 9.62 Å². The summed E-state index contributed by atoms with van der Waals surface area (Å²) in [4.78, 5) is 29.0. The number of carbonyl (C=O) groups is 2. The highest BCUT2D eigenvalue weighted by molar-refractivity contribution is 7.92. The van der Waals surface area contributed by atoms with Crippen molar-refractivity contribution in [2.45, 2.75) is 58.7 Å². The van der Waals surface area contributed by atoms with Gasteiger partial charge in [0, 0.05) is 37.0 Å². The van der Waals surface area contributed by atoms with Crippen molar-refractivity contribution in [3.8, 4) is 0 Å². The molecule has 0 aliphatic carbocycles. The summed E-state index contributed by atoms with van der Waals surface area (Å²) in [6, 6.07) is 21.1. The van der Waals surface area contributed by atoms with Crippen molar-refractivity contribution < 1.29 is 18.0 Å². The molecule has 2 amide bonds. The van der Waals surface area contributed by atoms with Crippen LogP contribution in [0.25, 0.3) is 0 Å². The Labute approximate surface area is 253 Å². The number of rotatable bonds is 13. The summed E-state index contributed by atoms with van der Waals surface area (Å²) in [5.74, 6) is -0.495. The normalized spacial score (nSPS) is 12.2. The molecule has 0 saturated heterocycles. The maximum atomic E-state index is 13.9. The number of hydrogen-bond donors (Lipinski definition) is 1. The van der Waals surface area contributed by atoms with Gasteiger partial charge in [0.25, 0.3) is 0 Å². The molecule has 3 rings (SSSR count). The molecule has 0 heterocycles. The second-order valence-corrected chi connectivity index (χ2v) is 13.2. The monoisotopic (exact) mass is 617 g/mol. The molecule has 0 aliphatic heterocycles. The van der Waals surface area contributed by atoms with Crippen molar-refractivity contribution in [2.75, 3.05) is 17.1 Å². The van der Waals surface area contributed by atoms with Gasteiger partial charge < -0.3 is 10.2 Å². The van der Waals surface area contributed by atoms with Crippen LogP contribution in [0.1, 0.15) is 43.4 Å². The second-order valence-electron chi connectivity index (χ2n) is 10.4. The molecular weight excluding hydrogens is 581 g/mol. The lowest BCUT2D eigenvalue weighted by molar-refractivity contribution is -0.141. The van der Waals surface area contributed by atoms with Gasteiger partial charge in [0.05, 0.1) is 17.0 Å². The summed E-state index contributed by atoms with van der Waals surface area (Å²) >= 11 is 12.4. The number of carbonyl (C=O) groups excluding carboxylic acids is 2. The van der Waals surface area contributed by atoms with Crippen molar-refractivity contribution >= 4 is 50.7 Å². The van der Waals surface area contributed by atoms with Gasteiger partial charge in [0.2, 0.25) is 21.8 Å². The average molecular weight is 619 g/mol. The Kier molecular flexibility index (Phi) is 11.6. The maximum Gasteiger partial charge on any atom is 0.243 e. The molecule has 0 fully saturated rings. The number of nitrogens with one attached hydrogen (secondary N) is 1. The summed E-state index contributed by atoms with van der Waals surface area (Å²) in [5.41, 5.74) is 3.13. The highest BCUT2D eigenvalue weighted by Crippen LogP contribution is 2.31. The Morgan fingerprint density at radius 1 is 0.927 bits per heavy atom. The molecule has 220 valence electrons. The minimum absolute atomic E-state index is 0.0183. The number of aryl methyl sites for hydroxylation is 1. The van der Waals surface area contributed by atoms with Crippen LogP contribution in [-0.2, 0) is 32.6 Å². The first-order valence-electron chi connectivity index (χ1n) is 13.5. The molecule has 1 N–H and O–H groups in total. The Morgan fingerprint density at radius 3 is 2.24 bits per heavy atom. The van der Waals surface area contributed by atoms with Gasteiger partial charge in [-0.3, -0.25) is 13.9 Å². The lowest BCUT2D eigenvalue weighted by Gasteiger charge is -2.32. The molecule has 0 aromatic heterocycles. The third-order valence-electron chi connectivity index (χ3n) is 6.47. The molecule has 41 heavy (non-hydrogen) atoms. The molecule has 10 heteroatoms. The largest absolute Gasteiger partial charge is 0.352 e. The fraction of sp³-hybridized carbons (Fsp3) is 0.355. The highest BCUT2D eigenvalue weighted by Gasteiger charge is 2.31. The standard InChI is InChI=1S/C31H37Cl2N3O4S/c1-22(2)34-31(38)29(19-24-11-6-5-7-12-24)35(21-25-13-8-10-23(3)18-25)30(37)14-9-17-36(41(4,39)40)28-20-26(32)15-16-27(28)33/h5-8,10-13,15-16,18,20,22,29H,9,14,17,19,21H2,1-4H3,(H,34,38)/t29-/m1/s1. The van der Waals surface area contributed by atoms with Gasteiger partial charge in [0.1, 0.15) is 6.04 Å². The topological polar surface area (TPSA) is 86.8 Å². The van der Waals surface area contributed by atoms with Gasteiger partial charge in [-0.05, 0) is 56.5 Å². The zero-order chi connectivity index (χ0) is 30.2. The fourth-order valence-corrected chi connectivity index (χ4v) is 6.01.